The van der Waals surface area contributed by atoms with Crippen LogP contribution in [0.15, 0.2) is 5.16 Å². The molecule has 0 saturated heterocycles. The number of hydrogen-bond acceptors (Lipinski definition) is 4. The zero-order valence-electron chi connectivity index (χ0n) is 6.74. The van der Waals surface area contributed by atoms with Crippen LogP contribution >= 0.6 is 11.8 Å². The summed E-state index contributed by atoms with van der Waals surface area (Å²) in [7, 11) is 0. The van der Waals surface area contributed by atoms with E-state index in [4.69, 9.17) is 5.73 Å². The van der Waals surface area contributed by atoms with Crippen molar-refractivity contribution < 1.29 is 0 Å². The Morgan fingerprint density at radius 3 is 2.82 bits per heavy atom. The number of nitrogens with two attached hydrogens (primary N) is 1. The number of aryl methyl sites for hydroxylation is 1. The van der Waals surface area contributed by atoms with E-state index in [9.17, 15) is 0 Å². The van der Waals surface area contributed by atoms with Gasteiger partial charge in [0.2, 0.25) is 0 Å². The smallest absolute Gasteiger partial charge is 0.190 e. The number of hydrogen-bond donors (Lipinski definition) is 1. The molecule has 62 valence electrons. The second kappa shape index (κ2) is 3.73. The van der Waals surface area contributed by atoms with Gasteiger partial charge < -0.3 is 10.3 Å². The summed E-state index contributed by atoms with van der Waals surface area (Å²) in [4.78, 5) is 0. The zero-order chi connectivity index (χ0) is 8.27. The maximum atomic E-state index is 5.43. The minimum Gasteiger partial charge on any atom is -0.329 e. The Labute approximate surface area is 70.2 Å². The maximum Gasteiger partial charge on any atom is 0.190 e. The topological polar surface area (TPSA) is 56.7 Å². The van der Waals surface area contributed by atoms with Crippen LogP contribution in [-0.2, 0) is 6.54 Å². The lowest BCUT2D eigenvalue weighted by atomic mass is 10.6. The predicted octanol–water partition coefficient (Wildman–Crippen LogP) is 0.267. The molecule has 0 aliphatic rings. The minimum atomic E-state index is 0.631. The summed E-state index contributed by atoms with van der Waals surface area (Å²) < 4.78 is 2.02. The minimum absolute atomic E-state index is 0.631. The standard InChI is InChI=1S/C6H12N4S/c1-5-8-9-6(11-2)10(5)4-3-7/h3-4,7H2,1-2H3. The maximum absolute atomic E-state index is 5.43. The fourth-order valence-electron chi connectivity index (χ4n) is 0.899. The van der Waals surface area contributed by atoms with Crippen molar-refractivity contribution in [1.29, 1.82) is 0 Å². The highest BCUT2D eigenvalue weighted by Gasteiger charge is 2.04. The molecule has 0 saturated carbocycles. The molecule has 0 fully saturated rings. The van der Waals surface area contributed by atoms with Crippen LogP contribution in [0, 0.1) is 6.92 Å². The van der Waals surface area contributed by atoms with Crippen LogP contribution in [0.5, 0.6) is 0 Å². The molecule has 1 heterocycles. The highest BCUT2D eigenvalue weighted by molar-refractivity contribution is 7.98. The first-order valence-electron chi connectivity index (χ1n) is 3.43. The summed E-state index contributed by atoms with van der Waals surface area (Å²) in [6.07, 6.45) is 1.98. The van der Waals surface area contributed by atoms with Crippen molar-refractivity contribution in [3.8, 4) is 0 Å². The van der Waals surface area contributed by atoms with Gasteiger partial charge in [0.25, 0.3) is 0 Å². The third-order valence-corrected chi connectivity index (χ3v) is 2.10. The average Bonchev–Trinajstić information content (AvgIpc) is 2.34. The van der Waals surface area contributed by atoms with Gasteiger partial charge in [-0.05, 0) is 13.2 Å². The molecule has 0 spiro atoms. The van der Waals surface area contributed by atoms with Gasteiger partial charge in [-0.15, -0.1) is 10.2 Å². The van der Waals surface area contributed by atoms with Crippen LogP contribution in [0.2, 0.25) is 0 Å². The molecule has 0 unspecified atom stereocenters. The summed E-state index contributed by atoms with van der Waals surface area (Å²) in [6.45, 7) is 3.36. The van der Waals surface area contributed by atoms with E-state index in [1.165, 1.54) is 0 Å². The van der Waals surface area contributed by atoms with Gasteiger partial charge in [-0.25, -0.2) is 0 Å². The lowest BCUT2D eigenvalue weighted by Gasteiger charge is -2.03. The third kappa shape index (κ3) is 1.72. The average molecular weight is 172 g/mol. The fraction of sp³-hybridized carbons (Fsp3) is 0.667. The highest BCUT2D eigenvalue weighted by Crippen LogP contribution is 2.11. The summed E-state index contributed by atoms with van der Waals surface area (Å²) in [5, 5.41) is 8.85. The molecule has 1 aromatic rings. The normalized spacial score (nSPS) is 10.5. The van der Waals surface area contributed by atoms with E-state index in [-0.39, 0.29) is 0 Å². The molecule has 2 N–H and O–H groups in total. The van der Waals surface area contributed by atoms with Gasteiger partial charge in [-0.2, -0.15) is 0 Å². The van der Waals surface area contributed by atoms with E-state index in [2.05, 4.69) is 10.2 Å². The Balaban J connectivity index is 2.88. The van der Waals surface area contributed by atoms with Crippen molar-refractivity contribution >= 4 is 11.8 Å². The summed E-state index contributed by atoms with van der Waals surface area (Å²) in [5.41, 5.74) is 5.43. The number of aromatic nitrogens is 3. The molecule has 1 aromatic heterocycles. The Kier molecular flexibility index (Phi) is 2.90. The van der Waals surface area contributed by atoms with Crippen LogP contribution in [0.25, 0.3) is 0 Å². The van der Waals surface area contributed by atoms with Crippen molar-refractivity contribution in [3.63, 3.8) is 0 Å². The molecule has 0 aliphatic carbocycles. The first-order chi connectivity index (χ1) is 5.29. The molecular weight excluding hydrogens is 160 g/mol. The number of thioether (sulfide) groups is 1. The second-order valence-electron chi connectivity index (χ2n) is 2.17. The van der Waals surface area contributed by atoms with Crippen LogP contribution in [0.1, 0.15) is 5.82 Å². The lowest BCUT2D eigenvalue weighted by molar-refractivity contribution is 0.628. The van der Waals surface area contributed by atoms with Crippen molar-refractivity contribution in [1.82, 2.24) is 14.8 Å². The molecule has 0 amide bonds. The molecule has 0 radical (unpaired) electrons. The molecule has 5 heteroatoms. The van der Waals surface area contributed by atoms with Gasteiger partial charge in [0.1, 0.15) is 5.82 Å². The summed E-state index contributed by atoms with van der Waals surface area (Å²) >= 11 is 1.59. The summed E-state index contributed by atoms with van der Waals surface area (Å²) in [6, 6.07) is 0. The number of rotatable bonds is 3. The van der Waals surface area contributed by atoms with E-state index in [1.807, 2.05) is 17.7 Å². The molecule has 0 aliphatic heterocycles. The van der Waals surface area contributed by atoms with Crippen molar-refractivity contribution in [2.75, 3.05) is 12.8 Å². The van der Waals surface area contributed by atoms with Gasteiger partial charge in [0, 0.05) is 13.1 Å². The predicted molar refractivity (Wildman–Crippen MR) is 45.6 cm³/mol. The Morgan fingerprint density at radius 2 is 2.27 bits per heavy atom. The van der Waals surface area contributed by atoms with Crippen molar-refractivity contribution in [2.45, 2.75) is 18.6 Å². The highest BCUT2D eigenvalue weighted by atomic mass is 32.2. The summed E-state index contributed by atoms with van der Waals surface area (Å²) in [5.74, 6) is 0.930. The molecule has 11 heavy (non-hydrogen) atoms. The number of nitrogens with zero attached hydrogens (tertiary/aromatic N) is 3. The van der Waals surface area contributed by atoms with Gasteiger partial charge in [0.05, 0.1) is 0 Å². The molecule has 0 bridgehead atoms. The van der Waals surface area contributed by atoms with Crippen molar-refractivity contribution in [2.24, 2.45) is 5.73 Å². The van der Waals surface area contributed by atoms with Crippen LogP contribution in [0.3, 0.4) is 0 Å². The first kappa shape index (κ1) is 8.55. The first-order valence-corrected chi connectivity index (χ1v) is 4.66. The fourth-order valence-corrected chi connectivity index (χ4v) is 1.47. The third-order valence-electron chi connectivity index (χ3n) is 1.44. The molecular formula is C6H12N4S. The van der Waals surface area contributed by atoms with Crippen LogP contribution < -0.4 is 5.73 Å². The van der Waals surface area contributed by atoms with Crippen LogP contribution in [0.4, 0.5) is 0 Å². The van der Waals surface area contributed by atoms with E-state index < -0.39 is 0 Å². The quantitative estimate of drug-likeness (QED) is 0.665. The van der Waals surface area contributed by atoms with Crippen molar-refractivity contribution in [3.05, 3.63) is 5.82 Å². The lowest BCUT2D eigenvalue weighted by Crippen LogP contribution is -2.11. The van der Waals surface area contributed by atoms with Gasteiger partial charge in [-0.1, -0.05) is 11.8 Å². The van der Waals surface area contributed by atoms with E-state index in [0.717, 1.165) is 17.5 Å². The Hall–Kier alpha value is -0.550. The monoisotopic (exact) mass is 172 g/mol. The molecule has 1 rings (SSSR count). The van der Waals surface area contributed by atoms with E-state index >= 15 is 0 Å². The van der Waals surface area contributed by atoms with Gasteiger partial charge in [0.15, 0.2) is 5.16 Å². The molecule has 0 aromatic carbocycles. The van der Waals surface area contributed by atoms with Gasteiger partial charge >= 0.3 is 0 Å². The van der Waals surface area contributed by atoms with Gasteiger partial charge in [-0.3, -0.25) is 0 Å². The van der Waals surface area contributed by atoms with E-state index in [1.54, 1.807) is 11.8 Å². The Bertz CT molecular complexity index is 232. The second-order valence-corrected chi connectivity index (χ2v) is 2.95. The largest absolute Gasteiger partial charge is 0.329 e. The molecule has 0 atom stereocenters. The zero-order valence-corrected chi connectivity index (χ0v) is 7.56. The van der Waals surface area contributed by atoms with Crippen LogP contribution in [-0.4, -0.2) is 27.6 Å². The SMILES string of the molecule is CSc1nnc(C)n1CCN. The molecule has 4 nitrogen and oxygen atoms in total. The Morgan fingerprint density at radius 1 is 1.55 bits per heavy atom. The van der Waals surface area contributed by atoms with E-state index in [0.29, 0.717) is 6.54 Å².